The van der Waals surface area contributed by atoms with Crippen molar-refractivity contribution in [2.75, 3.05) is 0 Å². The Morgan fingerprint density at radius 3 is 2.57 bits per heavy atom. The van der Waals surface area contributed by atoms with Gasteiger partial charge in [0.2, 0.25) is 0 Å². The van der Waals surface area contributed by atoms with E-state index in [1.165, 1.54) is 0 Å². The summed E-state index contributed by atoms with van der Waals surface area (Å²) in [5.74, 6) is 0. The van der Waals surface area contributed by atoms with Gasteiger partial charge in [0.05, 0.1) is 22.8 Å². The third kappa shape index (κ3) is 2.69. The maximum atomic E-state index is 13.2. The Hall–Kier alpha value is -4.50. The van der Waals surface area contributed by atoms with Crippen molar-refractivity contribution < 1.29 is 0 Å². The molecule has 3 aromatic carbocycles. The van der Waals surface area contributed by atoms with Crippen molar-refractivity contribution in [1.82, 2.24) is 14.5 Å². The Labute approximate surface area is 170 Å². The number of aromatic nitrogens is 3. The number of hydrogen-bond donors (Lipinski definition) is 1. The van der Waals surface area contributed by atoms with Crippen LogP contribution in [0.1, 0.15) is 5.56 Å². The number of H-pyrrole nitrogens is 1. The number of aromatic amines is 1. The summed E-state index contributed by atoms with van der Waals surface area (Å²) in [5, 5.41) is 11.1. The first-order valence-electron chi connectivity index (χ1n) is 9.30. The molecule has 6 nitrogen and oxygen atoms in total. The van der Waals surface area contributed by atoms with Crippen LogP contribution in [0, 0.1) is 11.3 Å². The molecule has 5 aromatic rings. The minimum Gasteiger partial charge on any atom is -0.305 e. The van der Waals surface area contributed by atoms with Crippen molar-refractivity contribution in [2.45, 2.75) is 0 Å². The average molecular weight is 390 g/mol. The second kappa shape index (κ2) is 6.83. The molecule has 0 amide bonds. The number of nitrogens with one attached hydrogen (secondary N) is 1. The lowest BCUT2D eigenvalue weighted by Gasteiger charge is -2.10. The number of rotatable bonds is 2. The molecule has 0 aliphatic carbocycles. The molecule has 142 valence electrons. The fraction of sp³-hybridized carbons (Fsp3) is 0. The molecule has 0 aliphatic rings. The van der Waals surface area contributed by atoms with E-state index in [1.54, 1.807) is 36.5 Å². The van der Waals surface area contributed by atoms with Crippen molar-refractivity contribution in [2.24, 2.45) is 0 Å². The molecule has 0 aliphatic heterocycles. The smallest absolute Gasteiger partial charge is 0.305 e. The Balaban J connectivity index is 1.77. The maximum absolute atomic E-state index is 13.2. The summed E-state index contributed by atoms with van der Waals surface area (Å²) in [4.78, 5) is 33.2. The van der Waals surface area contributed by atoms with Crippen LogP contribution >= 0.6 is 0 Å². The summed E-state index contributed by atoms with van der Waals surface area (Å²) < 4.78 is 1.11. The summed E-state index contributed by atoms with van der Waals surface area (Å²) in [6.07, 6.45) is 1.55. The second-order valence-corrected chi connectivity index (χ2v) is 6.85. The zero-order valence-electron chi connectivity index (χ0n) is 15.7. The van der Waals surface area contributed by atoms with E-state index in [-0.39, 0.29) is 5.52 Å². The monoisotopic (exact) mass is 390 g/mol. The minimum atomic E-state index is -0.545. The van der Waals surface area contributed by atoms with Crippen molar-refractivity contribution >= 4 is 21.8 Å². The molecule has 2 heterocycles. The van der Waals surface area contributed by atoms with Gasteiger partial charge >= 0.3 is 5.69 Å². The molecule has 6 heteroatoms. The predicted molar refractivity (Wildman–Crippen MR) is 116 cm³/mol. The highest BCUT2D eigenvalue weighted by atomic mass is 16.2. The van der Waals surface area contributed by atoms with Gasteiger partial charge in [-0.25, -0.2) is 14.3 Å². The summed E-state index contributed by atoms with van der Waals surface area (Å²) in [5.41, 5.74) is 1.77. The van der Waals surface area contributed by atoms with Crippen LogP contribution in [0.5, 0.6) is 0 Å². The molecule has 0 spiro atoms. The Morgan fingerprint density at radius 1 is 0.933 bits per heavy atom. The van der Waals surface area contributed by atoms with Crippen LogP contribution in [0.25, 0.3) is 38.6 Å². The highest BCUT2D eigenvalue weighted by Crippen LogP contribution is 2.24. The van der Waals surface area contributed by atoms with Crippen molar-refractivity contribution in [1.29, 1.82) is 5.26 Å². The predicted octanol–water partition coefficient (Wildman–Crippen LogP) is 3.77. The van der Waals surface area contributed by atoms with E-state index in [0.717, 1.165) is 15.3 Å². The first-order valence-corrected chi connectivity index (χ1v) is 9.30. The van der Waals surface area contributed by atoms with E-state index in [4.69, 9.17) is 0 Å². The van der Waals surface area contributed by atoms with Crippen molar-refractivity contribution in [3.8, 4) is 22.9 Å². The molecule has 0 bridgehead atoms. The fourth-order valence-electron chi connectivity index (χ4n) is 3.70. The lowest BCUT2D eigenvalue weighted by atomic mass is 10.0. The molecule has 2 aromatic heterocycles. The lowest BCUT2D eigenvalue weighted by Crippen LogP contribution is -2.34. The number of pyridine rings is 1. The van der Waals surface area contributed by atoms with Gasteiger partial charge in [0.25, 0.3) is 5.56 Å². The van der Waals surface area contributed by atoms with E-state index in [1.807, 2.05) is 42.5 Å². The van der Waals surface area contributed by atoms with Crippen LogP contribution in [-0.4, -0.2) is 14.5 Å². The van der Waals surface area contributed by atoms with E-state index in [9.17, 15) is 14.9 Å². The molecule has 0 saturated carbocycles. The summed E-state index contributed by atoms with van der Waals surface area (Å²) in [6, 6.07) is 24.0. The normalized spacial score (nSPS) is 10.9. The molecular weight excluding hydrogens is 376 g/mol. The number of benzene rings is 3. The zero-order chi connectivity index (χ0) is 20.7. The lowest BCUT2D eigenvalue weighted by molar-refractivity contribution is 0.902. The van der Waals surface area contributed by atoms with Crippen LogP contribution in [-0.2, 0) is 0 Å². The van der Waals surface area contributed by atoms with Crippen molar-refractivity contribution in [3.05, 3.63) is 105 Å². The topological polar surface area (TPSA) is 91.5 Å². The van der Waals surface area contributed by atoms with Crippen molar-refractivity contribution in [3.63, 3.8) is 0 Å². The standard InChI is InChI=1S/C24H14N4O2/c25-13-16-7-2-3-9-18(16)17-12-20-22(26-14-17)23(29)28(24(30)27-20)21-11-5-8-15-6-1-4-10-19(15)21/h1-12,14H,(H,27,30). The van der Waals surface area contributed by atoms with Gasteiger partial charge in [0.1, 0.15) is 0 Å². The quantitative estimate of drug-likeness (QED) is 0.497. The summed E-state index contributed by atoms with van der Waals surface area (Å²) in [7, 11) is 0. The van der Waals surface area contributed by atoms with Gasteiger partial charge in [-0.1, -0.05) is 54.6 Å². The van der Waals surface area contributed by atoms with Gasteiger partial charge in [-0.3, -0.25) is 4.79 Å². The van der Waals surface area contributed by atoms with Gasteiger partial charge in [0, 0.05) is 22.7 Å². The first-order chi connectivity index (χ1) is 14.7. The van der Waals surface area contributed by atoms with Gasteiger partial charge in [-0.05, 0) is 23.6 Å². The first kappa shape index (κ1) is 17.6. The molecule has 0 radical (unpaired) electrons. The average Bonchev–Trinajstić information content (AvgIpc) is 2.79. The van der Waals surface area contributed by atoms with E-state index in [0.29, 0.717) is 27.9 Å². The van der Waals surface area contributed by atoms with Crippen LogP contribution < -0.4 is 11.2 Å². The minimum absolute atomic E-state index is 0.153. The highest BCUT2D eigenvalue weighted by Gasteiger charge is 2.14. The highest BCUT2D eigenvalue weighted by molar-refractivity contribution is 5.90. The third-order valence-electron chi connectivity index (χ3n) is 5.10. The molecule has 0 saturated heterocycles. The van der Waals surface area contributed by atoms with E-state index >= 15 is 0 Å². The summed E-state index contributed by atoms with van der Waals surface area (Å²) >= 11 is 0. The number of hydrogen-bond acceptors (Lipinski definition) is 4. The van der Waals surface area contributed by atoms with Gasteiger partial charge < -0.3 is 4.98 Å². The number of fused-ring (bicyclic) bond motifs is 2. The van der Waals surface area contributed by atoms with Crippen LogP contribution in [0.15, 0.2) is 88.6 Å². The fourth-order valence-corrected chi connectivity index (χ4v) is 3.70. The van der Waals surface area contributed by atoms with E-state index in [2.05, 4.69) is 16.0 Å². The molecule has 30 heavy (non-hydrogen) atoms. The number of nitriles is 1. The Kier molecular flexibility index (Phi) is 4.01. The number of nitrogens with zero attached hydrogens (tertiary/aromatic N) is 3. The van der Waals surface area contributed by atoms with Crippen LogP contribution in [0.4, 0.5) is 0 Å². The summed E-state index contributed by atoms with van der Waals surface area (Å²) in [6.45, 7) is 0. The van der Waals surface area contributed by atoms with Gasteiger partial charge in [-0.2, -0.15) is 5.26 Å². The molecule has 0 fully saturated rings. The molecular formula is C24H14N4O2. The molecule has 0 unspecified atom stereocenters. The maximum Gasteiger partial charge on any atom is 0.333 e. The zero-order valence-corrected chi connectivity index (χ0v) is 15.7. The SMILES string of the molecule is N#Cc1ccccc1-c1cnc2c(=O)n(-c3cccc4ccccc34)c(=O)[nH]c2c1. The van der Waals surface area contributed by atoms with Crippen LogP contribution in [0.2, 0.25) is 0 Å². The second-order valence-electron chi connectivity index (χ2n) is 6.85. The van der Waals surface area contributed by atoms with Gasteiger partial charge in [-0.15, -0.1) is 0 Å². The molecule has 5 rings (SSSR count). The Bertz CT molecular complexity index is 1600. The van der Waals surface area contributed by atoms with E-state index < -0.39 is 11.2 Å². The Morgan fingerprint density at radius 2 is 1.70 bits per heavy atom. The third-order valence-corrected chi connectivity index (χ3v) is 5.10. The van der Waals surface area contributed by atoms with Crippen LogP contribution in [0.3, 0.4) is 0 Å². The largest absolute Gasteiger partial charge is 0.333 e. The van der Waals surface area contributed by atoms with Gasteiger partial charge in [0.15, 0.2) is 5.52 Å². The molecule has 1 N–H and O–H groups in total. The molecule has 0 atom stereocenters.